The van der Waals surface area contributed by atoms with E-state index < -0.39 is 0 Å². The van der Waals surface area contributed by atoms with Crippen LogP contribution in [0.25, 0.3) is 0 Å². The van der Waals surface area contributed by atoms with Crippen molar-refractivity contribution in [1.82, 2.24) is 10.2 Å². The molecule has 1 atom stereocenters. The Morgan fingerprint density at radius 1 is 1.37 bits per heavy atom. The third-order valence-corrected chi connectivity index (χ3v) is 4.35. The first-order chi connectivity index (χ1) is 8.93. The van der Waals surface area contributed by atoms with Crippen molar-refractivity contribution in [1.29, 1.82) is 0 Å². The number of hydrogen-bond donors (Lipinski definition) is 1. The molecule has 0 fully saturated rings. The number of thiophene rings is 1. The minimum absolute atomic E-state index is 0.332. The summed E-state index contributed by atoms with van der Waals surface area (Å²) in [5, 5.41) is 5.86. The highest BCUT2D eigenvalue weighted by molar-refractivity contribution is 7.09. The van der Waals surface area contributed by atoms with Crippen LogP contribution in [0.4, 0.5) is 0 Å². The SMILES string of the molecule is CCCNC(CCN(C)Cc1cccs1)C(C)(C)C. The van der Waals surface area contributed by atoms with E-state index in [1.165, 1.54) is 17.7 Å². The van der Waals surface area contributed by atoms with Gasteiger partial charge in [0.2, 0.25) is 0 Å². The summed E-state index contributed by atoms with van der Waals surface area (Å²) in [7, 11) is 2.22. The van der Waals surface area contributed by atoms with Crippen LogP contribution in [0.5, 0.6) is 0 Å². The van der Waals surface area contributed by atoms with Crippen LogP contribution in [0.15, 0.2) is 17.5 Å². The molecule has 110 valence electrons. The summed E-state index contributed by atoms with van der Waals surface area (Å²) in [6, 6.07) is 4.95. The van der Waals surface area contributed by atoms with Crippen molar-refractivity contribution in [3.05, 3.63) is 22.4 Å². The van der Waals surface area contributed by atoms with Crippen LogP contribution < -0.4 is 5.32 Å². The summed E-state index contributed by atoms with van der Waals surface area (Å²) < 4.78 is 0. The van der Waals surface area contributed by atoms with E-state index in [-0.39, 0.29) is 0 Å². The topological polar surface area (TPSA) is 15.3 Å². The molecule has 0 amide bonds. The molecule has 2 nitrogen and oxygen atoms in total. The Morgan fingerprint density at radius 2 is 2.11 bits per heavy atom. The lowest BCUT2D eigenvalue weighted by Crippen LogP contribution is -2.42. The molecule has 1 aromatic heterocycles. The monoisotopic (exact) mass is 282 g/mol. The Bertz CT molecular complexity index is 327. The molecule has 0 aliphatic carbocycles. The third kappa shape index (κ3) is 6.55. The van der Waals surface area contributed by atoms with Gasteiger partial charge in [-0.2, -0.15) is 0 Å². The highest BCUT2D eigenvalue weighted by Gasteiger charge is 2.23. The molecular formula is C16H30N2S. The van der Waals surface area contributed by atoms with Gasteiger partial charge in [-0.05, 0) is 49.8 Å². The number of nitrogens with zero attached hydrogens (tertiary/aromatic N) is 1. The second kappa shape index (κ2) is 8.03. The molecule has 0 bridgehead atoms. The predicted molar refractivity (Wildman–Crippen MR) is 86.8 cm³/mol. The van der Waals surface area contributed by atoms with Gasteiger partial charge in [-0.1, -0.05) is 33.8 Å². The molecule has 1 heterocycles. The highest BCUT2D eigenvalue weighted by atomic mass is 32.1. The second-order valence-corrected chi connectivity index (χ2v) is 7.51. The molecule has 0 saturated heterocycles. The van der Waals surface area contributed by atoms with Crippen molar-refractivity contribution in [2.45, 2.75) is 53.1 Å². The Balaban J connectivity index is 2.38. The Hall–Kier alpha value is -0.380. The normalized spacial score (nSPS) is 14.0. The zero-order valence-corrected chi connectivity index (χ0v) is 14.0. The minimum Gasteiger partial charge on any atom is -0.313 e. The highest BCUT2D eigenvalue weighted by Crippen LogP contribution is 2.22. The fourth-order valence-corrected chi connectivity index (χ4v) is 3.04. The number of hydrogen-bond acceptors (Lipinski definition) is 3. The maximum Gasteiger partial charge on any atom is 0.0324 e. The first kappa shape index (κ1) is 16.7. The van der Waals surface area contributed by atoms with E-state index in [1.54, 1.807) is 0 Å². The van der Waals surface area contributed by atoms with Crippen LogP contribution in [0.3, 0.4) is 0 Å². The quantitative estimate of drug-likeness (QED) is 0.776. The first-order valence-corrected chi connectivity index (χ1v) is 8.25. The van der Waals surface area contributed by atoms with Crippen molar-refractivity contribution in [3.63, 3.8) is 0 Å². The average Bonchev–Trinajstić information content (AvgIpc) is 2.80. The summed E-state index contributed by atoms with van der Waals surface area (Å²) in [5.41, 5.74) is 0.332. The van der Waals surface area contributed by atoms with Gasteiger partial charge in [0, 0.05) is 17.5 Å². The van der Waals surface area contributed by atoms with Gasteiger partial charge in [0.1, 0.15) is 0 Å². The molecule has 3 heteroatoms. The number of rotatable bonds is 8. The lowest BCUT2D eigenvalue weighted by Gasteiger charge is -2.33. The van der Waals surface area contributed by atoms with E-state index in [1.807, 2.05) is 11.3 Å². The van der Waals surface area contributed by atoms with Crippen molar-refractivity contribution >= 4 is 11.3 Å². The van der Waals surface area contributed by atoms with Gasteiger partial charge in [0.05, 0.1) is 0 Å². The maximum absolute atomic E-state index is 3.70. The molecular weight excluding hydrogens is 252 g/mol. The summed E-state index contributed by atoms with van der Waals surface area (Å²) in [6.45, 7) is 12.6. The van der Waals surface area contributed by atoms with Crippen molar-refractivity contribution in [2.75, 3.05) is 20.1 Å². The van der Waals surface area contributed by atoms with Crippen molar-refractivity contribution in [2.24, 2.45) is 5.41 Å². The summed E-state index contributed by atoms with van der Waals surface area (Å²) in [6.07, 6.45) is 2.42. The lowest BCUT2D eigenvalue weighted by atomic mass is 9.84. The van der Waals surface area contributed by atoms with Crippen LogP contribution in [-0.4, -0.2) is 31.1 Å². The lowest BCUT2D eigenvalue weighted by molar-refractivity contribution is 0.219. The molecule has 0 radical (unpaired) electrons. The van der Waals surface area contributed by atoms with Crippen LogP contribution in [0.1, 0.15) is 45.4 Å². The molecule has 0 aliphatic rings. The average molecular weight is 282 g/mol. The van der Waals surface area contributed by atoms with Crippen LogP contribution in [0, 0.1) is 5.41 Å². The zero-order chi connectivity index (χ0) is 14.3. The molecule has 1 unspecified atom stereocenters. The Labute approximate surface area is 123 Å². The van der Waals surface area contributed by atoms with Crippen LogP contribution in [-0.2, 0) is 6.54 Å². The molecule has 1 rings (SSSR count). The molecule has 0 spiro atoms. The van der Waals surface area contributed by atoms with Gasteiger partial charge < -0.3 is 10.2 Å². The smallest absolute Gasteiger partial charge is 0.0324 e. The standard InChI is InChI=1S/C16H30N2S/c1-6-10-17-15(16(2,3)4)9-11-18(5)13-14-8-7-12-19-14/h7-8,12,15,17H,6,9-11,13H2,1-5H3. The van der Waals surface area contributed by atoms with E-state index >= 15 is 0 Å². The van der Waals surface area contributed by atoms with E-state index in [2.05, 4.69) is 62.5 Å². The zero-order valence-electron chi connectivity index (χ0n) is 13.2. The first-order valence-electron chi connectivity index (χ1n) is 7.37. The van der Waals surface area contributed by atoms with Crippen LogP contribution in [0.2, 0.25) is 0 Å². The molecule has 19 heavy (non-hydrogen) atoms. The molecule has 0 aliphatic heterocycles. The number of nitrogens with one attached hydrogen (secondary N) is 1. The Morgan fingerprint density at radius 3 is 2.63 bits per heavy atom. The fraction of sp³-hybridized carbons (Fsp3) is 0.750. The van der Waals surface area contributed by atoms with E-state index in [9.17, 15) is 0 Å². The predicted octanol–water partition coefficient (Wildman–Crippen LogP) is 3.98. The summed E-state index contributed by atoms with van der Waals surface area (Å²) in [4.78, 5) is 3.88. The van der Waals surface area contributed by atoms with Gasteiger partial charge >= 0.3 is 0 Å². The van der Waals surface area contributed by atoms with Gasteiger partial charge in [0.15, 0.2) is 0 Å². The van der Waals surface area contributed by atoms with E-state index in [0.29, 0.717) is 11.5 Å². The largest absolute Gasteiger partial charge is 0.313 e. The molecule has 0 saturated carbocycles. The molecule has 1 N–H and O–H groups in total. The Kier molecular flexibility index (Phi) is 7.05. The second-order valence-electron chi connectivity index (χ2n) is 6.48. The minimum atomic E-state index is 0.332. The summed E-state index contributed by atoms with van der Waals surface area (Å²) >= 11 is 1.85. The fourth-order valence-electron chi connectivity index (χ4n) is 2.26. The van der Waals surface area contributed by atoms with Gasteiger partial charge in [0.25, 0.3) is 0 Å². The van der Waals surface area contributed by atoms with E-state index in [0.717, 1.165) is 19.6 Å². The molecule has 0 aromatic carbocycles. The van der Waals surface area contributed by atoms with Gasteiger partial charge in [-0.25, -0.2) is 0 Å². The third-order valence-electron chi connectivity index (χ3n) is 3.49. The summed E-state index contributed by atoms with van der Waals surface area (Å²) in [5.74, 6) is 0. The van der Waals surface area contributed by atoms with Crippen molar-refractivity contribution < 1.29 is 0 Å². The van der Waals surface area contributed by atoms with Gasteiger partial charge in [-0.3, -0.25) is 0 Å². The maximum atomic E-state index is 3.70. The van der Waals surface area contributed by atoms with Crippen LogP contribution >= 0.6 is 11.3 Å². The van der Waals surface area contributed by atoms with E-state index in [4.69, 9.17) is 0 Å². The van der Waals surface area contributed by atoms with Crippen molar-refractivity contribution in [3.8, 4) is 0 Å². The van der Waals surface area contributed by atoms with Gasteiger partial charge in [-0.15, -0.1) is 11.3 Å². The molecule has 1 aromatic rings.